The fourth-order valence-electron chi connectivity index (χ4n) is 0.189. The molecule has 0 saturated carbocycles. The molecule has 0 aromatic carbocycles. The second kappa shape index (κ2) is 6.94. The molecule has 0 atom stereocenters. The van der Waals surface area contributed by atoms with E-state index < -0.39 is 5.97 Å². The average molecular weight is 163 g/mol. The van der Waals surface area contributed by atoms with E-state index in [0.29, 0.717) is 6.61 Å². The largest absolute Gasteiger partial charge is 0.480 e. The van der Waals surface area contributed by atoms with Crippen LogP contribution < -0.4 is 0 Å². The zero-order valence-corrected chi connectivity index (χ0v) is 5.55. The topological polar surface area (TPSA) is 46.5 Å². The van der Waals surface area contributed by atoms with Crippen molar-refractivity contribution >= 4 is 5.97 Å². The number of rotatable bonds is 3. The SMILES string of the molecule is CCOCC(=O)O.[Co]. The Morgan fingerprint density at radius 2 is 2.25 bits per heavy atom. The number of carbonyl (C=O) groups is 1. The van der Waals surface area contributed by atoms with Crippen molar-refractivity contribution in [2.45, 2.75) is 6.92 Å². The molecular formula is C4H8CoO3. The Hall–Kier alpha value is -0.0635. The van der Waals surface area contributed by atoms with Gasteiger partial charge in [0.2, 0.25) is 0 Å². The predicted molar refractivity (Wildman–Crippen MR) is 24.1 cm³/mol. The summed E-state index contributed by atoms with van der Waals surface area (Å²) in [5.41, 5.74) is 0. The zero-order chi connectivity index (χ0) is 5.70. The molecule has 0 rings (SSSR count). The minimum absolute atomic E-state index is 0. The maximum absolute atomic E-state index is 9.63. The van der Waals surface area contributed by atoms with Crippen LogP contribution in [-0.2, 0) is 26.3 Å². The van der Waals surface area contributed by atoms with E-state index in [-0.39, 0.29) is 23.4 Å². The van der Waals surface area contributed by atoms with Gasteiger partial charge in [-0.15, -0.1) is 0 Å². The molecule has 3 nitrogen and oxygen atoms in total. The molecule has 0 spiro atoms. The smallest absolute Gasteiger partial charge is 0.329 e. The molecule has 0 aromatic rings. The van der Waals surface area contributed by atoms with E-state index in [9.17, 15) is 4.79 Å². The molecule has 0 heterocycles. The van der Waals surface area contributed by atoms with Crippen LogP contribution >= 0.6 is 0 Å². The van der Waals surface area contributed by atoms with Crippen LogP contribution in [0.25, 0.3) is 0 Å². The van der Waals surface area contributed by atoms with Gasteiger partial charge in [-0.1, -0.05) is 0 Å². The van der Waals surface area contributed by atoms with Crippen molar-refractivity contribution in [2.24, 2.45) is 0 Å². The van der Waals surface area contributed by atoms with Crippen LogP contribution in [0.5, 0.6) is 0 Å². The molecule has 8 heavy (non-hydrogen) atoms. The van der Waals surface area contributed by atoms with Crippen molar-refractivity contribution in [3.63, 3.8) is 0 Å². The molecule has 0 amide bonds. The number of carboxylic acids is 1. The van der Waals surface area contributed by atoms with Crippen LogP contribution in [0, 0.1) is 0 Å². The zero-order valence-electron chi connectivity index (χ0n) is 4.51. The summed E-state index contributed by atoms with van der Waals surface area (Å²) in [6.07, 6.45) is 0. The van der Waals surface area contributed by atoms with E-state index in [1.165, 1.54) is 0 Å². The first-order valence-corrected chi connectivity index (χ1v) is 2.07. The Bertz CT molecular complexity index is 64.3. The maximum atomic E-state index is 9.63. The van der Waals surface area contributed by atoms with Crippen molar-refractivity contribution in [2.75, 3.05) is 13.2 Å². The third kappa shape index (κ3) is 9.34. The van der Waals surface area contributed by atoms with Crippen molar-refractivity contribution < 1.29 is 31.4 Å². The van der Waals surface area contributed by atoms with Gasteiger partial charge in [-0.2, -0.15) is 0 Å². The molecule has 0 unspecified atom stereocenters. The molecule has 0 aliphatic carbocycles. The van der Waals surface area contributed by atoms with E-state index in [2.05, 4.69) is 4.74 Å². The Morgan fingerprint density at radius 3 is 2.38 bits per heavy atom. The maximum Gasteiger partial charge on any atom is 0.329 e. The summed E-state index contributed by atoms with van der Waals surface area (Å²) < 4.78 is 4.50. The second-order valence-electron chi connectivity index (χ2n) is 1.03. The summed E-state index contributed by atoms with van der Waals surface area (Å²) in [6.45, 7) is 2.03. The number of hydrogen-bond acceptors (Lipinski definition) is 2. The number of carboxylic acid groups (broad SMARTS) is 1. The van der Waals surface area contributed by atoms with Gasteiger partial charge in [0, 0.05) is 23.4 Å². The fourth-order valence-corrected chi connectivity index (χ4v) is 0.189. The fraction of sp³-hybridized carbons (Fsp3) is 0.750. The van der Waals surface area contributed by atoms with Crippen LogP contribution in [0.15, 0.2) is 0 Å². The standard InChI is InChI=1S/C4H8O3.Co/c1-2-7-3-4(5)6;/h2-3H2,1H3,(H,5,6);. The molecule has 0 aromatic heterocycles. The Kier molecular flexibility index (Phi) is 9.40. The molecular weight excluding hydrogens is 155 g/mol. The first kappa shape index (κ1) is 10.8. The van der Waals surface area contributed by atoms with Gasteiger partial charge in [-0.25, -0.2) is 4.79 Å². The number of ether oxygens (including phenoxy) is 1. The number of hydrogen-bond donors (Lipinski definition) is 1. The van der Waals surface area contributed by atoms with Crippen LogP contribution in [0.3, 0.4) is 0 Å². The molecule has 1 N–H and O–H groups in total. The van der Waals surface area contributed by atoms with Crippen molar-refractivity contribution in [1.82, 2.24) is 0 Å². The van der Waals surface area contributed by atoms with Crippen molar-refractivity contribution in [3.05, 3.63) is 0 Å². The predicted octanol–water partition coefficient (Wildman–Crippen LogP) is 0.105. The van der Waals surface area contributed by atoms with Gasteiger partial charge in [0.15, 0.2) is 0 Å². The second-order valence-corrected chi connectivity index (χ2v) is 1.03. The molecule has 0 aliphatic rings. The molecule has 1 radical (unpaired) electrons. The Balaban J connectivity index is 0. The van der Waals surface area contributed by atoms with Crippen LogP contribution in [0.4, 0.5) is 0 Å². The molecule has 0 bridgehead atoms. The summed E-state index contributed by atoms with van der Waals surface area (Å²) in [7, 11) is 0. The van der Waals surface area contributed by atoms with Gasteiger partial charge in [0.25, 0.3) is 0 Å². The average Bonchev–Trinajstić information content (AvgIpc) is 1.61. The molecule has 4 heteroatoms. The minimum atomic E-state index is -0.915. The Morgan fingerprint density at radius 1 is 1.75 bits per heavy atom. The van der Waals surface area contributed by atoms with E-state index in [0.717, 1.165) is 0 Å². The van der Waals surface area contributed by atoms with Gasteiger partial charge in [-0.3, -0.25) is 0 Å². The summed E-state index contributed by atoms with van der Waals surface area (Å²) in [4.78, 5) is 9.63. The van der Waals surface area contributed by atoms with Crippen molar-refractivity contribution in [3.8, 4) is 0 Å². The normalized spacial score (nSPS) is 7.62. The number of aliphatic carboxylic acids is 1. The first-order valence-electron chi connectivity index (χ1n) is 2.07. The third-order valence-electron chi connectivity index (χ3n) is 0.430. The van der Waals surface area contributed by atoms with E-state index in [1.807, 2.05) is 0 Å². The van der Waals surface area contributed by atoms with Crippen LogP contribution in [-0.4, -0.2) is 24.3 Å². The summed E-state index contributed by atoms with van der Waals surface area (Å²) in [6, 6.07) is 0. The minimum Gasteiger partial charge on any atom is -0.480 e. The van der Waals surface area contributed by atoms with Gasteiger partial charge < -0.3 is 9.84 Å². The van der Waals surface area contributed by atoms with E-state index >= 15 is 0 Å². The van der Waals surface area contributed by atoms with Gasteiger partial charge >= 0.3 is 5.97 Å². The van der Waals surface area contributed by atoms with Gasteiger partial charge in [0.05, 0.1) is 0 Å². The third-order valence-corrected chi connectivity index (χ3v) is 0.430. The first-order chi connectivity index (χ1) is 3.27. The molecule has 0 saturated heterocycles. The van der Waals surface area contributed by atoms with Gasteiger partial charge in [-0.05, 0) is 6.92 Å². The molecule has 51 valence electrons. The Labute approximate surface area is 58.2 Å². The quantitative estimate of drug-likeness (QED) is 0.641. The van der Waals surface area contributed by atoms with Gasteiger partial charge in [0.1, 0.15) is 6.61 Å². The van der Waals surface area contributed by atoms with Crippen LogP contribution in [0.2, 0.25) is 0 Å². The monoisotopic (exact) mass is 163 g/mol. The van der Waals surface area contributed by atoms with Crippen molar-refractivity contribution in [1.29, 1.82) is 0 Å². The summed E-state index contributed by atoms with van der Waals surface area (Å²) in [5.74, 6) is -0.915. The van der Waals surface area contributed by atoms with E-state index in [4.69, 9.17) is 5.11 Å². The summed E-state index contributed by atoms with van der Waals surface area (Å²) in [5, 5.41) is 7.92. The van der Waals surface area contributed by atoms with E-state index in [1.54, 1.807) is 6.92 Å². The molecule has 0 aliphatic heterocycles. The van der Waals surface area contributed by atoms with Crippen LogP contribution in [0.1, 0.15) is 6.92 Å². The molecule has 0 fully saturated rings. The summed E-state index contributed by atoms with van der Waals surface area (Å²) >= 11 is 0.